The number of anilines is 2. The van der Waals surface area contributed by atoms with Crippen LogP contribution >= 0.6 is 23.4 Å². The maximum absolute atomic E-state index is 13.2. The number of amides is 1. The molecule has 0 spiro atoms. The van der Waals surface area contributed by atoms with Crippen LogP contribution in [-0.4, -0.2) is 11.3 Å². The first-order valence-corrected chi connectivity index (χ1v) is 9.37. The van der Waals surface area contributed by atoms with E-state index in [1.54, 1.807) is 16.7 Å². The molecule has 1 amide bonds. The van der Waals surface area contributed by atoms with Crippen molar-refractivity contribution in [3.63, 3.8) is 0 Å². The fourth-order valence-electron chi connectivity index (χ4n) is 2.99. The molecule has 1 unspecified atom stereocenters. The second-order valence-electron chi connectivity index (χ2n) is 5.87. The summed E-state index contributed by atoms with van der Waals surface area (Å²) in [6.07, 6.45) is 0.509. The number of carbonyl (C=O) groups excluding carboxylic acids is 1. The summed E-state index contributed by atoms with van der Waals surface area (Å²) in [5.74, 6) is -0.0919. The number of halogens is 1. The second kappa shape index (κ2) is 6.95. The van der Waals surface area contributed by atoms with Crippen LogP contribution in [-0.2, 0) is 11.2 Å². The minimum absolute atomic E-state index is 0.0919. The number of hydrogen-bond donors (Lipinski definition) is 0. The first-order valence-electron chi connectivity index (χ1n) is 8.12. The summed E-state index contributed by atoms with van der Waals surface area (Å²) in [4.78, 5) is 17.1. The summed E-state index contributed by atoms with van der Waals surface area (Å²) in [7, 11) is 0. The van der Waals surface area contributed by atoms with Gasteiger partial charge in [0, 0.05) is 9.79 Å². The van der Waals surface area contributed by atoms with Crippen molar-refractivity contribution in [2.24, 2.45) is 0 Å². The van der Waals surface area contributed by atoms with Gasteiger partial charge >= 0.3 is 0 Å². The second-order valence-corrected chi connectivity index (χ2v) is 7.48. The number of alkyl halides is 1. The van der Waals surface area contributed by atoms with E-state index in [9.17, 15) is 4.79 Å². The quantitative estimate of drug-likeness (QED) is 0.557. The van der Waals surface area contributed by atoms with E-state index in [4.69, 9.17) is 11.6 Å². The summed E-state index contributed by atoms with van der Waals surface area (Å²) in [6, 6.07) is 25.8. The van der Waals surface area contributed by atoms with Crippen molar-refractivity contribution in [2.45, 2.75) is 21.6 Å². The lowest BCUT2D eigenvalue weighted by Crippen LogP contribution is -2.35. The van der Waals surface area contributed by atoms with Gasteiger partial charge in [-0.2, -0.15) is 0 Å². The molecule has 1 aliphatic heterocycles. The lowest BCUT2D eigenvalue weighted by atomic mass is 10.1. The summed E-state index contributed by atoms with van der Waals surface area (Å²) in [5.41, 5.74) is 2.86. The van der Waals surface area contributed by atoms with E-state index in [0.717, 1.165) is 26.7 Å². The fraction of sp³-hybridized carbons (Fsp3) is 0.0952. The van der Waals surface area contributed by atoms with Crippen molar-refractivity contribution < 1.29 is 4.79 Å². The molecule has 0 radical (unpaired) electrons. The van der Waals surface area contributed by atoms with Gasteiger partial charge in [-0.3, -0.25) is 9.69 Å². The number of hydrogen-bond acceptors (Lipinski definition) is 2. The molecule has 0 bridgehead atoms. The zero-order chi connectivity index (χ0) is 17.2. The molecule has 124 valence electrons. The maximum atomic E-state index is 13.2. The van der Waals surface area contributed by atoms with Crippen molar-refractivity contribution in [2.75, 3.05) is 4.90 Å². The summed E-state index contributed by atoms with van der Waals surface area (Å²) < 4.78 is 0. The van der Waals surface area contributed by atoms with Gasteiger partial charge in [0.15, 0.2) is 0 Å². The highest BCUT2D eigenvalue weighted by Crippen LogP contribution is 2.48. The Morgan fingerprint density at radius 1 is 0.840 bits per heavy atom. The average Bonchev–Trinajstić information content (AvgIpc) is 2.66. The van der Waals surface area contributed by atoms with Crippen LogP contribution in [0, 0.1) is 0 Å². The van der Waals surface area contributed by atoms with Gasteiger partial charge in [0.25, 0.3) is 0 Å². The highest BCUT2D eigenvalue weighted by Gasteiger charge is 2.31. The van der Waals surface area contributed by atoms with Crippen LogP contribution in [0.2, 0.25) is 0 Å². The molecule has 0 saturated heterocycles. The van der Waals surface area contributed by atoms with E-state index >= 15 is 0 Å². The van der Waals surface area contributed by atoms with Crippen molar-refractivity contribution >= 4 is 40.6 Å². The molecule has 0 saturated carbocycles. The van der Waals surface area contributed by atoms with E-state index in [0.29, 0.717) is 6.42 Å². The summed E-state index contributed by atoms with van der Waals surface area (Å²) in [6.45, 7) is 0. The Bertz CT molecular complexity index is 867. The van der Waals surface area contributed by atoms with Crippen molar-refractivity contribution in [3.05, 3.63) is 84.4 Å². The first kappa shape index (κ1) is 16.2. The van der Waals surface area contributed by atoms with Crippen LogP contribution in [0.15, 0.2) is 88.7 Å². The third-order valence-corrected chi connectivity index (χ3v) is 5.65. The molecular weight excluding hydrogens is 350 g/mol. The number of nitrogens with zero attached hydrogens (tertiary/aromatic N) is 1. The van der Waals surface area contributed by atoms with E-state index < -0.39 is 5.38 Å². The van der Waals surface area contributed by atoms with Crippen LogP contribution in [0.1, 0.15) is 5.56 Å². The molecule has 3 aromatic rings. The Morgan fingerprint density at radius 2 is 1.36 bits per heavy atom. The number of fused-ring (bicyclic) bond motifs is 2. The van der Waals surface area contributed by atoms with Gasteiger partial charge in [-0.05, 0) is 36.2 Å². The highest BCUT2D eigenvalue weighted by molar-refractivity contribution is 7.99. The summed E-state index contributed by atoms with van der Waals surface area (Å²) in [5, 5.41) is -0.619. The molecule has 1 heterocycles. The molecular formula is C21H16ClNOS. The zero-order valence-corrected chi connectivity index (χ0v) is 15.0. The largest absolute Gasteiger partial charge is 0.277 e. The Labute approximate surface area is 156 Å². The highest BCUT2D eigenvalue weighted by atomic mass is 35.5. The zero-order valence-electron chi connectivity index (χ0n) is 13.4. The first-order chi connectivity index (χ1) is 12.2. The van der Waals surface area contributed by atoms with Crippen molar-refractivity contribution in [1.82, 2.24) is 0 Å². The normalized spacial score (nSPS) is 13.7. The van der Waals surface area contributed by atoms with Gasteiger partial charge < -0.3 is 0 Å². The standard InChI is InChI=1S/C21H16ClNOS/c22-16(14-15-8-2-1-3-9-15)21(24)23-17-10-4-6-12-19(17)25-20-13-7-5-11-18(20)23/h1-13,16H,14H2. The lowest BCUT2D eigenvalue weighted by molar-refractivity contribution is -0.117. The van der Waals surface area contributed by atoms with Crippen molar-refractivity contribution in [1.29, 1.82) is 0 Å². The van der Waals surface area contributed by atoms with Crippen LogP contribution in [0.3, 0.4) is 0 Å². The fourth-order valence-corrected chi connectivity index (χ4v) is 4.32. The Hall–Kier alpha value is -2.23. The van der Waals surface area contributed by atoms with E-state index in [-0.39, 0.29) is 5.91 Å². The van der Waals surface area contributed by atoms with Crippen LogP contribution in [0.4, 0.5) is 11.4 Å². The van der Waals surface area contributed by atoms with Crippen LogP contribution < -0.4 is 4.90 Å². The monoisotopic (exact) mass is 365 g/mol. The predicted octanol–water partition coefficient (Wildman–Crippen LogP) is 5.67. The van der Waals surface area contributed by atoms with Gasteiger partial charge in [-0.25, -0.2) is 0 Å². The van der Waals surface area contributed by atoms with Crippen LogP contribution in [0.25, 0.3) is 0 Å². The molecule has 4 heteroatoms. The minimum atomic E-state index is -0.619. The smallest absolute Gasteiger partial charge is 0.250 e. The third kappa shape index (κ3) is 3.17. The van der Waals surface area contributed by atoms with Gasteiger partial charge in [0.2, 0.25) is 5.91 Å². The maximum Gasteiger partial charge on any atom is 0.250 e. The Balaban J connectivity index is 1.70. The predicted molar refractivity (Wildman–Crippen MR) is 104 cm³/mol. The number of rotatable bonds is 3. The number of benzene rings is 3. The van der Waals surface area contributed by atoms with E-state index in [1.807, 2.05) is 78.9 Å². The SMILES string of the molecule is O=C(C(Cl)Cc1ccccc1)N1c2ccccc2Sc2ccccc21. The minimum Gasteiger partial charge on any atom is -0.277 e. The topological polar surface area (TPSA) is 20.3 Å². The van der Waals surface area contributed by atoms with Crippen molar-refractivity contribution in [3.8, 4) is 0 Å². The number of para-hydroxylation sites is 2. The third-order valence-electron chi connectivity index (χ3n) is 4.18. The Kier molecular flexibility index (Phi) is 4.51. The van der Waals surface area contributed by atoms with Crippen LogP contribution in [0.5, 0.6) is 0 Å². The Morgan fingerprint density at radius 3 is 1.96 bits per heavy atom. The van der Waals surface area contributed by atoms with E-state index in [2.05, 4.69) is 0 Å². The molecule has 3 aromatic carbocycles. The number of carbonyl (C=O) groups is 1. The molecule has 0 N–H and O–H groups in total. The van der Waals surface area contributed by atoms with Gasteiger partial charge in [0.1, 0.15) is 5.38 Å². The lowest BCUT2D eigenvalue weighted by Gasteiger charge is -2.32. The molecule has 0 fully saturated rings. The molecule has 1 aliphatic rings. The van der Waals surface area contributed by atoms with Gasteiger partial charge in [0.05, 0.1) is 11.4 Å². The molecule has 4 rings (SSSR count). The molecule has 2 nitrogen and oxygen atoms in total. The van der Waals surface area contributed by atoms with Gasteiger partial charge in [-0.15, -0.1) is 11.6 Å². The average molecular weight is 366 g/mol. The molecule has 1 atom stereocenters. The molecule has 0 aromatic heterocycles. The van der Waals surface area contributed by atoms with E-state index in [1.165, 1.54) is 0 Å². The molecule has 0 aliphatic carbocycles. The summed E-state index contributed by atoms with van der Waals surface area (Å²) >= 11 is 8.22. The molecule has 25 heavy (non-hydrogen) atoms. The van der Waals surface area contributed by atoms with Gasteiger partial charge in [-0.1, -0.05) is 66.4 Å².